The van der Waals surface area contributed by atoms with Crippen molar-refractivity contribution in [1.29, 1.82) is 0 Å². The van der Waals surface area contributed by atoms with Crippen molar-refractivity contribution in [2.45, 2.75) is 33.6 Å². The number of rotatable bonds is 8. The van der Waals surface area contributed by atoms with Crippen molar-refractivity contribution in [3.05, 3.63) is 71.0 Å². The van der Waals surface area contributed by atoms with Gasteiger partial charge in [-0.1, -0.05) is 12.1 Å². The Kier molecular flexibility index (Phi) is 6.82. The Morgan fingerprint density at radius 3 is 2.51 bits per heavy atom. The number of fused-ring (bicyclic) bond motifs is 1. The lowest BCUT2D eigenvalue weighted by molar-refractivity contribution is -0.116. The number of nitrogens with one attached hydrogen (secondary N) is 1. The van der Waals surface area contributed by atoms with Crippen LogP contribution in [0.3, 0.4) is 0 Å². The van der Waals surface area contributed by atoms with Crippen LogP contribution in [0.25, 0.3) is 16.9 Å². The molecule has 0 saturated carbocycles. The Bertz CT molecular complexity index is 1420. The predicted octanol–water partition coefficient (Wildman–Crippen LogP) is 4.80. The molecular weight excluding hydrogens is 444 g/mol. The Labute approximate surface area is 203 Å². The van der Waals surface area contributed by atoms with Crippen LogP contribution in [-0.4, -0.2) is 40.5 Å². The molecule has 8 nitrogen and oxygen atoms in total. The molecule has 2 heterocycles. The summed E-state index contributed by atoms with van der Waals surface area (Å²) < 4.78 is 12.6. The molecule has 0 unspecified atom stereocenters. The highest BCUT2D eigenvalue weighted by molar-refractivity contribution is 6.03. The summed E-state index contributed by atoms with van der Waals surface area (Å²) in [4.78, 5) is 29.2. The smallest absolute Gasteiger partial charge is 0.224 e. The van der Waals surface area contributed by atoms with Gasteiger partial charge in [-0.05, 0) is 57.0 Å². The summed E-state index contributed by atoms with van der Waals surface area (Å²) in [6, 6.07) is 14.5. The molecule has 2 aromatic carbocycles. The fourth-order valence-corrected chi connectivity index (χ4v) is 4.18. The van der Waals surface area contributed by atoms with E-state index >= 15 is 0 Å². The quantitative estimate of drug-likeness (QED) is 0.370. The summed E-state index contributed by atoms with van der Waals surface area (Å²) in [5.41, 5.74) is 6.03. The maximum Gasteiger partial charge on any atom is 0.224 e. The number of ketones is 1. The van der Waals surface area contributed by atoms with Gasteiger partial charge in [0.2, 0.25) is 5.91 Å². The molecule has 0 saturated heterocycles. The first-order chi connectivity index (χ1) is 16.8. The molecule has 0 aliphatic heterocycles. The van der Waals surface area contributed by atoms with Crippen molar-refractivity contribution < 1.29 is 19.1 Å². The van der Waals surface area contributed by atoms with Crippen LogP contribution < -0.4 is 14.8 Å². The van der Waals surface area contributed by atoms with Crippen molar-refractivity contribution in [3.8, 4) is 22.8 Å². The van der Waals surface area contributed by atoms with Gasteiger partial charge in [-0.15, -0.1) is 0 Å². The highest BCUT2D eigenvalue weighted by Gasteiger charge is 2.17. The molecule has 1 N–H and O–H groups in total. The van der Waals surface area contributed by atoms with Crippen LogP contribution >= 0.6 is 0 Å². The lowest BCUT2D eigenvalue weighted by Gasteiger charge is -2.12. The summed E-state index contributed by atoms with van der Waals surface area (Å²) in [6.45, 7) is 5.40. The number of anilines is 1. The molecule has 0 aliphatic rings. The average molecular weight is 473 g/mol. The molecule has 0 atom stereocenters. The number of methoxy groups -OCH3 is 2. The van der Waals surface area contributed by atoms with E-state index in [1.54, 1.807) is 43.0 Å². The highest BCUT2D eigenvalue weighted by Crippen LogP contribution is 2.33. The highest BCUT2D eigenvalue weighted by atomic mass is 16.5. The van der Waals surface area contributed by atoms with Gasteiger partial charge in [-0.2, -0.15) is 5.10 Å². The summed E-state index contributed by atoms with van der Waals surface area (Å²) in [6.07, 6.45) is 0.747. The number of benzene rings is 2. The van der Waals surface area contributed by atoms with E-state index in [4.69, 9.17) is 19.6 Å². The van der Waals surface area contributed by atoms with E-state index in [0.717, 1.165) is 33.9 Å². The molecule has 2 aromatic heterocycles. The Hall–Kier alpha value is -4.20. The average Bonchev–Trinajstić information content (AvgIpc) is 3.27. The number of Topliss-reactive ketones (excluding diaryl/α,β-unsaturated/α-hetero) is 1. The molecule has 4 aromatic rings. The van der Waals surface area contributed by atoms with Crippen LogP contribution in [0.5, 0.6) is 11.5 Å². The SMILES string of the molecule is COc1ccc(-c2cc3nc(C)c(CCC(=O)Nc4ccccc4C(C)=O)c(C)n3n2)c(OC)c1. The molecule has 8 heteroatoms. The maximum atomic E-state index is 12.7. The Morgan fingerprint density at radius 1 is 1.03 bits per heavy atom. The zero-order valence-electron chi connectivity index (χ0n) is 20.5. The normalized spacial score (nSPS) is 10.9. The van der Waals surface area contributed by atoms with Gasteiger partial charge in [0.25, 0.3) is 0 Å². The van der Waals surface area contributed by atoms with Crippen molar-refractivity contribution in [1.82, 2.24) is 14.6 Å². The van der Waals surface area contributed by atoms with E-state index in [2.05, 4.69) is 5.32 Å². The second kappa shape index (κ2) is 9.97. The third-order valence-electron chi connectivity index (χ3n) is 6.03. The Morgan fingerprint density at radius 2 is 1.80 bits per heavy atom. The van der Waals surface area contributed by atoms with Gasteiger partial charge < -0.3 is 14.8 Å². The summed E-state index contributed by atoms with van der Waals surface area (Å²) >= 11 is 0. The molecule has 1 amide bonds. The number of carbonyl (C=O) groups excluding carboxylic acids is 2. The van der Waals surface area contributed by atoms with Crippen LogP contribution in [-0.2, 0) is 11.2 Å². The minimum Gasteiger partial charge on any atom is -0.497 e. The second-order valence-electron chi connectivity index (χ2n) is 8.28. The monoisotopic (exact) mass is 472 g/mol. The van der Waals surface area contributed by atoms with Crippen LogP contribution in [0.2, 0.25) is 0 Å². The largest absolute Gasteiger partial charge is 0.497 e. The molecule has 4 rings (SSSR count). The molecule has 35 heavy (non-hydrogen) atoms. The number of aryl methyl sites for hydroxylation is 2. The molecule has 0 fully saturated rings. The zero-order chi connectivity index (χ0) is 25.1. The van der Waals surface area contributed by atoms with Crippen LogP contribution in [0.1, 0.15) is 40.7 Å². The number of nitrogens with zero attached hydrogens (tertiary/aromatic N) is 3. The molecule has 0 bridgehead atoms. The summed E-state index contributed by atoms with van der Waals surface area (Å²) in [5.74, 6) is 1.10. The van der Waals surface area contributed by atoms with E-state index in [1.807, 2.05) is 38.1 Å². The van der Waals surface area contributed by atoms with Crippen molar-refractivity contribution in [2.24, 2.45) is 0 Å². The van der Waals surface area contributed by atoms with E-state index in [9.17, 15) is 9.59 Å². The van der Waals surface area contributed by atoms with Crippen molar-refractivity contribution in [2.75, 3.05) is 19.5 Å². The van der Waals surface area contributed by atoms with Gasteiger partial charge in [0.1, 0.15) is 11.5 Å². The number of aromatic nitrogens is 3. The molecule has 0 radical (unpaired) electrons. The number of ether oxygens (including phenoxy) is 2. The second-order valence-corrected chi connectivity index (χ2v) is 8.28. The fraction of sp³-hybridized carbons (Fsp3) is 0.259. The summed E-state index contributed by atoms with van der Waals surface area (Å²) in [5, 5.41) is 7.63. The first kappa shape index (κ1) is 23.9. The van der Waals surface area contributed by atoms with Gasteiger partial charge >= 0.3 is 0 Å². The number of amides is 1. The van der Waals surface area contributed by atoms with E-state index in [1.165, 1.54) is 6.92 Å². The summed E-state index contributed by atoms with van der Waals surface area (Å²) in [7, 11) is 3.22. The number of carbonyl (C=O) groups is 2. The van der Waals surface area contributed by atoms with Gasteiger partial charge in [0.05, 0.1) is 25.6 Å². The lowest BCUT2D eigenvalue weighted by atomic mass is 10.1. The van der Waals surface area contributed by atoms with Crippen molar-refractivity contribution >= 4 is 23.0 Å². The van der Waals surface area contributed by atoms with E-state index in [0.29, 0.717) is 29.2 Å². The third kappa shape index (κ3) is 4.87. The van der Waals surface area contributed by atoms with E-state index in [-0.39, 0.29) is 18.1 Å². The zero-order valence-corrected chi connectivity index (χ0v) is 20.5. The van der Waals surface area contributed by atoms with Gasteiger partial charge in [0.15, 0.2) is 11.4 Å². The van der Waals surface area contributed by atoms with E-state index < -0.39 is 0 Å². The van der Waals surface area contributed by atoms with Crippen LogP contribution in [0.15, 0.2) is 48.5 Å². The lowest BCUT2D eigenvalue weighted by Crippen LogP contribution is -2.16. The van der Waals surface area contributed by atoms with Crippen LogP contribution in [0.4, 0.5) is 5.69 Å². The predicted molar refractivity (Wildman–Crippen MR) is 134 cm³/mol. The molecule has 0 aliphatic carbocycles. The maximum absolute atomic E-state index is 12.7. The number of hydrogen-bond donors (Lipinski definition) is 1. The number of hydrogen-bond acceptors (Lipinski definition) is 6. The van der Waals surface area contributed by atoms with Gasteiger partial charge in [-0.25, -0.2) is 9.50 Å². The molecule has 180 valence electrons. The molecular formula is C27H28N4O4. The van der Waals surface area contributed by atoms with Gasteiger partial charge in [0, 0.05) is 41.1 Å². The van der Waals surface area contributed by atoms with Crippen LogP contribution in [0, 0.1) is 13.8 Å². The minimum absolute atomic E-state index is 0.0924. The first-order valence-electron chi connectivity index (χ1n) is 11.3. The Balaban J connectivity index is 1.58. The van der Waals surface area contributed by atoms with Crippen molar-refractivity contribution in [3.63, 3.8) is 0 Å². The third-order valence-corrected chi connectivity index (χ3v) is 6.03. The minimum atomic E-state index is -0.165. The topological polar surface area (TPSA) is 94.8 Å². The van der Waals surface area contributed by atoms with Gasteiger partial charge in [-0.3, -0.25) is 9.59 Å². The molecule has 0 spiro atoms. The fourth-order valence-electron chi connectivity index (χ4n) is 4.18. The number of para-hydroxylation sites is 1. The first-order valence-corrected chi connectivity index (χ1v) is 11.3. The standard InChI is InChI=1S/C27H28N4O4/c1-16-20(12-13-27(33)29-23-9-7-6-8-21(23)18(3)32)17(2)31-26(28-16)15-24(30-31)22-11-10-19(34-4)14-25(22)35-5/h6-11,14-15H,12-13H2,1-5H3,(H,29,33).